The summed E-state index contributed by atoms with van der Waals surface area (Å²) < 4.78 is 7.42. The van der Waals surface area contributed by atoms with Gasteiger partial charge in [0.1, 0.15) is 5.82 Å². The minimum Gasteiger partial charge on any atom is -0.466 e. The van der Waals surface area contributed by atoms with Crippen LogP contribution < -0.4 is 15.0 Å². The molecule has 0 aliphatic carbocycles. The molecule has 8 nitrogen and oxygen atoms in total. The van der Waals surface area contributed by atoms with E-state index < -0.39 is 0 Å². The second kappa shape index (κ2) is 9.32. The van der Waals surface area contributed by atoms with Crippen molar-refractivity contribution in [1.82, 2.24) is 25.1 Å². The molecule has 4 rings (SSSR count). The van der Waals surface area contributed by atoms with Crippen LogP contribution in [0.25, 0.3) is 11.0 Å². The smallest absolute Gasteiger partial charge is 0.258 e. The van der Waals surface area contributed by atoms with Gasteiger partial charge >= 0.3 is 0 Å². The Kier molecular flexibility index (Phi) is 6.34. The fourth-order valence-electron chi connectivity index (χ4n) is 4.08. The van der Waals surface area contributed by atoms with E-state index in [2.05, 4.69) is 31.3 Å². The zero-order valence-electron chi connectivity index (χ0n) is 18.5. The third-order valence-electron chi connectivity index (χ3n) is 5.66. The molecule has 164 valence electrons. The van der Waals surface area contributed by atoms with Gasteiger partial charge in [-0.25, -0.2) is 14.6 Å². The molecule has 0 radical (unpaired) electrons. The molecule has 1 aliphatic heterocycles. The van der Waals surface area contributed by atoms with E-state index in [0.717, 1.165) is 46.8 Å². The van der Waals surface area contributed by atoms with E-state index >= 15 is 0 Å². The van der Waals surface area contributed by atoms with E-state index in [1.54, 1.807) is 4.68 Å². The van der Waals surface area contributed by atoms with E-state index in [1.165, 1.54) is 25.7 Å². The minimum absolute atomic E-state index is 0.0938. The van der Waals surface area contributed by atoms with Crippen LogP contribution in [0.2, 0.25) is 0 Å². The van der Waals surface area contributed by atoms with Gasteiger partial charge in [0.2, 0.25) is 5.88 Å². The molecule has 0 unspecified atom stereocenters. The highest BCUT2D eigenvalue weighted by Crippen LogP contribution is 2.27. The number of anilines is 1. The summed E-state index contributed by atoms with van der Waals surface area (Å²) in [5.41, 5.74) is 3.74. The number of nitrogens with zero attached hydrogens (tertiary/aromatic N) is 5. The van der Waals surface area contributed by atoms with E-state index in [4.69, 9.17) is 4.74 Å². The third kappa shape index (κ3) is 4.95. The number of hydrogen-bond donors (Lipinski definition) is 1. The molecule has 1 aliphatic rings. The first-order chi connectivity index (χ1) is 15.0. The number of aromatic nitrogens is 4. The number of hydrogen-bond acceptors (Lipinski definition) is 6. The molecule has 0 bridgehead atoms. The lowest BCUT2D eigenvalue weighted by Crippen LogP contribution is -2.29. The van der Waals surface area contributed by atoms with Gasteiger partial charge in [0.25, 0.3) is 5.91 Å². The van der Waals surface area contributed by atoms with Crippen LogP contribution in [0.4, 0.5) is 5.82 Å². The molecule has 0 atom stereocenters. The van der Waals surface area contributed by atoms with E-state index in [0.29, 0.717) is 12.4 Å². The monoisotopic (exact) mass is 422 g/mol. The molecule has 31 heavy (non-hydrogen) atoms. The van der Waals surface area contributed by atoms with Gasteiger partial charge < -0.3 is 15.0 Å². The van der Waals surface area contributed by atoms with Gasteiger partial charge in [-0.2, -0.15) is 0 Å². The Hall–Kier alpha value is -3.16. The molecule has 4 heterocycles. The second-order valence-corrected chi connectivity index (χ2v) is 8.20. The Morgan fingerprint density at radius 1 is 1.16 bits per heavy atom. The number of rotatable bonds is 6. The van der Waals surface area contributed by atoms with Crippen LogP contribution in [-0.2, 0) is 18.4 Å². The van der Waals surface area contributed by atoms with Crippen molar-refractivity contribution >= 4 is 22.8 Å². The number of carbonyl (C=O) groups excluding carboxylic acids is 1. The maximum absolute atomic E-state index is 12.4. The first-order valence-electron chi connectivity index (χ1n) is 10.9. The Balaban J connectivity index is 1.35. The molecule has 0 spiro atoms. The molecule has 1 fully saturated rings. The number of pyridine rings is 2. The molecule has 0 saturated carbocycles. The quantitative estimate of drug-likeness (QED) is 0.657. The van der Waals surface area contributed by atoms with Crippen molar-refractivity contribution < 1.29 is 9.53 Å². The number of carbonyl (C=O) groups is 1. The molecular weight excluding hydrogens is 392 g/mol. The zero-order chi connectivity index (χ0) is 21.8. The summed E-state index contributed by atoms with van der Waals surface area (Å²) in [5, 5.41) is 8.17. The summed E-state index contributed by atoms with van der Waals surface area (Å²) >= 11 is 0. The van der Waals surface area contributed by atoms with Gasteiger partial charge in [0.15, 0.2) is 12.3 Å². The third-order valence-corrected chi connectivity index (χ3v) is 5.66. The standard InChI is InChI=1S/C23H30N6O2/c1-16-12-17(2)26-22-21(16)23(27-28(22)3)31-15-20(30)25-14-18-8-9-24-19(13-18)29-10-6-4-5-7-11-29/h8-9,12-13H,4-7,10-11,14-15H2,1-3H3,(H,25,30). The Labute approximate surface area is 182 Å². The summed E-state index contributed by atoms with van der Waals surface area (Å²) in [6, 6.07) is 5.99. The van der Waals surface area contributed by atoms with Crippen LogP contribution in [-0.4, -0.2) is 45.4 Å². The average molecular weight is 423 g/mol. The Morgan fingerprint density at radius 3 is 2.71 bits per heavy atom. The fourth-order valence-corrected chi connectivity index (χ4v) is 4.08. The number of amides is 1. The zero-order valence-corrected chi connectivity index (χ0v) is 18.5. The van der Waals surface area contributed by atoms with E-state index in [9.17, 15) is 4.79 Å². The van der Waals surface area contributed by atoms with Crippen molar-refractivity contribution in [2.45, 2.75) is 46.1 Å². The summed E-state index contributed by atoms with van der Waals surface area (Å²) in [5.74, 6) is 1.23. The molecular formula is C23H30N6O2. The minimum atomic E-state index is -0.190. The number of nitrogens with one attached hydrogen (secondary N) is 1. The van der Waals surface area contributed by atoms with Crippen LogP contribution in [0.3, 0.4) is 0 Å². The normalized spacial score (nSPS) is 14.5. The van der Waals surface area contributed by atoms with Crippen molar-refractivity contribution in [3.8, 4) is 5.88 Å². The summed E-state index contributed by atoms with van der Waals surface area (Å²) in [6.45, 7) is 6.38. The maximum Gasteiger partial charge on any atom is 0.258 e. The van der Waals surface area contributed by atoms with Gasteiger partial charge in [-0.05, 0) is 56.0 Å². The van der Waals surface area contributed by atoms with Crippen molar-refractivity contribution in [3.05, 3.63) is 41.2 Å². The van der Waals surface area contributed by atoms with Crippen LogP contribution in [0.15, 0.2) is 24.4 Å². The van der Waals surface area contributed by atoms with Gasteiger partial charge in [0.05, 0.1) is 5.39 Å². The number of aryl methyl sites for hydroxylation is 3. The highest BCUT2D eigenvalue weighted by atomic mass is 16.5. The first-order valence-corrected chi connectivity index (χ1v) is 10.9. The van der Waals surface area contributed by atoms with Gasteiger partial charge in [-0.15, -0.1) is 5.10 Å². The summed E-state index contributed by atoms with van der Waals surface area (Å²) in [7, 11) is 1.83. The summed E-state index contributed by atoms with van der Waals surface area (Å²) in [6.07, 6.45) is 6.80. The van der Waals surface area contributed by atoms with Gasteiger partial charge in [-0.3, -0.25) is 4.79 Å². The first kappa shape index (κ1) is 21.1. The van der Waals surface area contributed by atoms with Crippen molar-refractivity contribution in [2.75, 3.05) is 24.6 Å². The van der Waals surface area contributed by atoms with E-state index in [1.807, 2.05) is 39.2 Å². The number of ether oxygens (including phenoxy) is 1. The average Bonchev–Trinajstić information content (AvgIpc) is 2.93. The van der Waals surface area contributed by atoms with Crippen LogP contribution in [0.5, 0.6) is 5.88 Å². The molecule has 3 aromatic heterocycles. The molecule has 3 aromatic rings. The molecule has 1 saturated heterocycles. The fraction of sp³-hybridized carbons (Fsp3) is 0.478. The molecule has 8 heteroatoms. The Morgan fingerprint density at radius 2 is 1.94 bits per heavy atom. The summed E-state index contributed by atoms with van der Waals surface area (Å²) in [4.78, 5) is 23.8. The maximum atomic E-state index is 12.4. The molecule has 1 amide bonds. The van der Waals surface area contributed by atoms with Crippen molar-refractivity contribution in [3.63, 3.8) is 0 Å². The topological polar surface area (TPSA) is 85.2 Å². The molecule has 1 N–H and O–H groups in total. The lowest BCUT2D eigenvalue weighted by molar-refractivity contribution is -0.123. The van der Waals surface area contributed by atoms with Crippen LogP contribution >= 0.6 is 0 Å². The van der Waals surface area contributed by atoms with Crippen LogP contribution in [0.1, 0.15) is 42.5 Å². The lowest BCUT2D eigenvalue weighted by atomic mass is 10.2. The highest BCUT2D eigenvalue weighted by Gasteiger charge is 2.16. The highest BCUT2D eigenvalue weighted by molar-refractivity contribution is 5.85. The number of fused-ring (bicyclic) bond motifs is 1. The molecule has 0 aromatic carbocycles. The van der Waals surface area contributed by atoms with Gasteiger partial charge in [0, 0.05) is 38.6 Å². The van der Waals surface area contributed by atoms with Crippen LogP contribution in [0, 0.1) is 13.8 Å². The SMILES string of the molecule is Cc1cc(C)c2c(OCC(=O)NCc3ccnc(N4CCCCCC4)c3)nn(C)c2n1. The predicted molar refractivity (Wildman–Crippen MR) is 120 cm³/mol. The van der Waals surface area contributed by atoms with Crippen molar-refractivity contribution in [2.24, 2.45) is 7.05 Å². The van der Waals surface area contributed by atoms with Crippen molar-refractivity contribution in [1.29, 1.82) is 0 Å². The Bertz CT molecular complexity index is 1070. The van der Waals surface area contributed by atoms with E-state index in [-0.39, 0.29) is 12.5 Å². The second-order valence-electron chi connectivity index (χ2n) is 8.20. The predicted octanol–water partition coefficient (Wildman–Crippen LogP) is 3.06. The van der Waals surface area contributed by atoms with Gasteiger partial charge in [-0.1, -0.05) is 12.8 Å². The largest absolute Gasteiger partial charge is 0.466 e. The lowest BCUT2D eigenvalue weighted by Gasteiger charge is -2.21.